The molecule has 0 fully saturated rings. The Morgan fingerprint density at radius 1 is 1.45 bits per heavy atom. The number of ether oxygens (including phenoxy) is 1. The molecular weight excluding hydrogens is 204 g/mol. The molecule has 0 bridgehead atoms. The molecule has 0 aliphatic rings. The van der Waals surface area contributed by atoms with E-state index in [2.05, 4.69) is 22.9 Å². The van der Waals surface area contributed by atoms with Crippen LogP contribution in [-0.2, 0) is 0 Å². The first kappa shape index (κ1) is 8.60. The third-order valence-corrected chi connectivity index (χ3v) is 1.82. The van der Waals surface area contributed by atoms with Crippen molar-refractivity contribution in [3.8, 4) is 5.75 Å². The largest absolute Gasteiger partial charge is 0.485 e. The number of hydrogen-bond donors (Lipinski definition) is 0. The predicted molar refractivity (Wildman–Crippen MR) is 49.0 cm³/mol. The molecule has 0 aromatic heterocycles. The van der Waals surface area contributed by atoms with Gasteiger partial charge < -0.3 is 4.74 Å². The highest BCUT2D eigenvalue weighted by molar-refractivity contribution is 9.10. The molecule has 11 heavy (non-hydrogen) atoms. The Kier molecular flexibility index (Phi) is 3.43. The van der Waals surface area contributed by atoms with E-state index < -0.39 is 0 Å². The minimum absolute atomic E-state index is 0.668. The van der Waals surface area contributed by atoms with E-state index in [0.717, 1.165) is 10.2 Å². The summed E-state index contributed by atoms with van der Waals surface area (Å²) < 4.78 is 6.21. The van der Waals surface area contributed by atoms with Gasteiger partial charge in [0.05, 0.1) is 4.47 Å². The molecule has 0 N–H and O–H groups in total. The first-order valence-electron chi connectivity index (χ1n) is 3.36. The lowest BCUT2D eigenvalue weighted by atomic mass is 10.3. The van der Waals surface area contributed by atoms with E-state index in [4.69, 9.17) is 4.74 Å². The molecular formula is C9H9BrO. The van der Waals surface area contributed by atoms with Crippen molar-refractivity contribution < 1.29 is 4.74 Å². The van der Waals surface area contributed by atoms with Crippen LogP contribution < -0.4 is 4.74 Å². The van der Waals surface area contributed by atoms with Crippen molar-refractivity contribution in [1.29, 1.82) is 0 Å². The summed E-state index contributed by atoms with van der Waals surface area (Å²) in [7, 11) is 0. The van der Waals surface area contributed by atoms with E-state index in [1.54, 1.807) is 6.61 Å². The van der Waals surface area contributed by atoms with Crippen LogP contribution in [0, 0.1) is 13.5 Å². The first-order chi connectivity index (χ1) is 5.34. The zero-order chi connectivity index (χ0) is 8.10. The molecule has 0 saturated carbocycles. The van der Waals surface area contributed by atoms with Gasteiger partial charge in [-0.25, -0.2) is 0 Å². The standard InChI is InChI=1S/C9H9BrO/c1-2-7-11-9-6-4-3-5-8(9)10/h3-7H,1-2H2. The molecule has 1 rings (SSSR count). The van der Waals surface area contributed by atoms with Crippen LogP contribution in [0.25, 0.3) is 0 Å². The van der Waals surface area contributed by atoms with Gasteiger partial charge in [-0.05, 0) is 41.4 Å². The van der Waals surface area contributed by atoms with E-state index >= 15 is 0 Å². The molecule has 58 valence electrons. The van der Waals surface area contributed by atoms with E-state index in [0.29, 0.717) is 6.42 Å². The monoisotopic (exact) mass is 212 g/mol. The fourth-order valence-electron chi connectivity index (χ4n) is 0.689. The maximum absolute atomic E-state index is 5.25. The van der Waals surface area contributed by atoms with Gasteiger partial charge >= 0.3 is 0 Å². The van der Waals surface area contributed by atoms with Crippen molar-refractivity contribution in [1.82, 2.24) is 0 Å². The van der Waals surface area contributed by atoms with Crippen molar-refractivity contribution in [3.05, 3.63) is 42.3 Å². The molecule has 1 aromatic carbocycles. The van der Waals surface area contributed by atoms with Gasteiger partial charge in [0.15, 0.2) is 0 Å². The molecule has 0 amide bonds. The fourth-order valence-corrected chi connectivity index (χ4v) is 1.07. The Morgan fingerprint density at radius 2 is 2.18 bits per heavy atom. The summed E-state index contributed by atoms with van der Waals surface area (Å²) in [5.41, 5.74) is 0. The van der Waals surface area contributed by atoms with Crippen LogP contribution >= 0.6 is 15.9 Å². The smallest absolute Gasteiger partial charge is 0.135 e. The highest BCUT2D eigenvalue weighted by atomic mass is 79.9. The number of halogens is 1. The van der Waals surface area contributed by atoms with Gasteiger partial charge in [0.1, 0.15) is 12.4 Å². The molecule has 0 saturated heterocycles. The van der Waals surface area contributed by atoms with Gasteiger partial charge in [0, 0.05) is 0 Å². The highest BCUT2D eigenvalue weighted by Crippen LogP contribution is 2.24. The van der Waals surface area contributed by atoms with Crippen LogP contribution in [0.3, 0.4) is 0 Å². The van der Waals surface area contributed by atoms with Gasteiger partial charge in [-0.15, -0.1) is 0 Å². The molecule has 2 radical (unpaired) electrons. The number of rotatable bonds is 3. The summed E-state index contributed by atoms with van der Waals surface area (Å²) in [5.74, 6) is 0.830. The molecule has 1 nitrogen and oxygen atoms in total. The summed E-state index contributed by atoms with van der Waals surface area (Å²) in [6.07, 6.45) is 0.668. The lowest BCUT2D eigenvalue weighted by Crippen LogP contribution is -1.88. The second kappa shape index (κ2) is 4.39. The summed E-state index contributed by atoms with van der Waals surface area (Å²) in [6, 6.07) is 7.71. The molecule has 0 aliphatic carbocycles. The Balaban J connectivity index is 2.62. The third kappa shape index (κ3) is 2.54. The Hall–Kier alpha value is -0.500. The van der Waals surface area contributed by atoms with Crippen molar-refractivity contribution in [2.75, 3.05) is 0 Å². The zero-order valence-electron chi connectivity index (χ0n) is 6.09. The van der Waals surface area contributed by atoms with E-state index in [1.165, 1.54) is 0 Å². The predicted octanol–water partition coefficient (Wildman–Crippen LogP) is 3.21. The maximum Gasteiger partial charge on any atom is 0.135 e. The van der Waals surface area contributed by atoms with Crippen LogP contribution in [0.15, 0.2) is 28.7 Å². The SMILES string of the molecule is [CH2]C[CH]Oc1ccccc1Br. The molecule has 0 spiro atoms. The van der Waals surface area contributed by atoms with Crippen LogP contribution in [0.1, 0.15) is 6.42 Å². The molecule has 0 unspecified atom stereocenters. The minimum Gasteiger partial charge on any atom is -0.485 e. The van der Waals surface area contributed by atoms with Gasteiger partial charge in [0.2, 0.25) is 0 Å². The number of para-hydroxylation sites is 1. The topological polar surface area (TPSA) is 9.23 Å². The van der Waals surface area contributed by atoms with Crippen LogP contribution in [0.4, 0.5) is 0 Å². The van der Waals surface area contributed by atoms with Crippen molar-refractivity contribution in [2.24, 2.45) is 0 Å². The number of hydrogen-bond acceptors (Lipinski definition) is 1. The molecule has 0 heterocycles. The lowest BCUT2D eigenvalue weighted by molar-refractivity contribution is 0.401. The lowest BCUT2D eigenvalue weighted by Gasteiger charge is -2.04. The molecule has 2 heteroatoms. The van der Waals surface area contributed by atoms with Crippen LogP contribution in [0.5, 0.6) is 5.75 Å². The van der Waals surface area contributed by atoms with Crippen molar-refractivity contribution >= 4 is 15.9 Å². The first-order valence-corrected chi connectivity index (χ1v) is 4.16. The number of benzene rings is 1. The second-order valence-corrected chi connectivity index (χ2v) is 2.86. The van der Waals surface area contributed by atoms with Gasteiger partial charge in [-0.1, -0.05) is 12.1 Å². The Labute approximate surface area is 75.5 Å². The van der Waals surface area contributed by atoms with Gasteiger partial charge in [-0.3, -0.25) is 0 Å². The van der Waals surface area contributed by atoms with Crippen LogP contribution in [0.2, 0.25) is 0 Å². The average Bonchev–Trinajstić information content (AvgIpc) is 2.03. The van der Waals surface area contributed by atoms with Gasteiger partial charge in [-0.2, -0.15) is 0 Å². The normalized spacial score (nSPS) is 9.64. The summed E-state index contributed by atoms with van der Waals surface area (Å²) in [6.45, 7) is 5.30. The van der Waals surface area contributed by atoms with Crippen molar-refractivity contribution in [3.63, 3.8) is 0 Å². The average molecular weight is 213 g/mol. The Morgan fingerprint density at radius 3 is 2.82 bits per heavy atom. The third-order valence-electron chi connectivity index (χ3n) is 1.16. The maximum atomic E-state index is 5.25. The van der Waals surface area contributed by atoms with E-state index in [-0.39, 0.29) is 0 Å². The molecule has 0 aliphatic heterocycles. The van der Waals surface area contributed by atoms with Crippen molar-refractivity contribution in [2.45, 2.75) is 6.42 Å². The minimum atomic E-state index is 0.668. The van der Waals surface area contributed by atoms with Crippen LogP contribution in [-0.4, -0.2) is 0 Å². The fraction of sp³-hybridized carbons (Fsp3) is 0.111. The molecule has 1 aromatic rings. The summed E-state index contributed by atoms with van der Waals surface area (Å²) >= 11 is 3.36. The molecule has 0 atom stereocenters. The van der Waals surface area contributed by atoms with E-state index in [9.17, 15) is 0 Å². The summed E-state index contributed by atoms with van der Waals surface area (Å²) in [5, 5.41) is 0. The van der Waals surface area contributed by atoms with E-state index in [1.807, 2.05) is 24.3 Å². The summed E-state index contributed by atoms with van der Waals surface area (Å²) in [4.78, 5) is 0. The Bertz CT molecular complexity index is 223. The quantitative estimate of drug-likeness (QED) is 0.748. The zero-order valence-corrected chi connectivity index (χ0v) is 7.67. The second-order valence-electron chi connectivity index (χ2n) is 2.00. The highest BCUT2D eigenvalue weighted by Gasteiger charge is 1.96. The van der Waals surface area contributed by atoms with Gasteiger partial charge in [0.25, 0.3) is 0 Å².